The van der Waals surface area contributed by atoms with Gasteiger partial charge in [0, 0.05) is 42.6 Å². The smallest absolute Gasteiger partial charge is 0.251 e. The lowest BCUT2D eigenvalue weighted by Gasteiger charge is -2.15. The molecular weight excluding hydrogens is 368 g/mol. The van der Waals surface area contributed by atoms with E-state index in [2.05, 4.69) is 16.0 Å². The molecule has 154 valence electrons. The van der Waals surface area contributed by atoms with E-state index >= 15 is 0 Å². The molecule has 0 aliphatic rings. The summed E-state index contributed by atoms with van der Waals surface area (Å²) in [4.78, 5) is 37.3. The maximum Gasteiger partial charge on any atom is 0.251 e. The van der Waals surface area contributed by atoms with Crippen LogP contribution in [-0.4, -0.2) is 37.4 Å². The van der Waals surface area contributed by atoms with E-state index in [4.69, 9.17) is 0 Å². The number of nitrogens with one attached hydrogen (secondary N) is 3. The van der Waals surface area contributed by atoms with Crippen molar-refractivity contribution >= 4 is 34.8 Å². The summed E-state index contributed by atoms with van der Waals surface area (Å²) < 4.78 is 0. The third-order valence-electron chi connectivity index (χ3n) is 4.58. The first-order valence-electron chi connectivity index (χ1n) is 9.59. The summed E-state index contributed by atoms with van der Waals surface area (Å²) in [6.45, 7) is 5.52. The van der Waals surface area contributed by atoms with Gasteiger partial charge in [0.05, 0.1) is 6.54 Å². The van der Waals surface area contributed by atoms with Crippen molar-refractivity contribution < 1.29 is 14.4 Å². The largest absolute Gasteiger partial charge is 0.376 e. The second-order valence-corrected chi connectivity index (χ2v) is 6.89. The molecule has 3 N–H and O–H groups in total. The normalized spacial score (nSPS) is 11.3. The molecule has 0 saturated carbocycles. The molecule has 7 heteroatoms. The Morgan fingerprint density at radius 1 is 1.03 bits per heavy atom. The highest BCUT2D eigenvalue weighted by Gasteiger charge is 2.10. The van der Waals surface area contributed by atoms with Gasteiger partial charge in [0.25, 0.3) is 5.91 Å². The Balaban J connectivity index is 1.90. The summed E-state index contributed by atoms with van der Waals surface area (Å²) in [6, 6.07) is 14.2. The van der Waals surface area contributed by atoms with Gasteiger partial charge in [-0.3, -0.25) is 14.4 Å². The first kappa shape index (κ1) is 21.9. The fraction of sp³-hybridized carbons (Fsp3) is 0.318. The summed E-state index contributed by atoms with van der Waals surface area (Å²) in [6.07, 6.45) is 0.857. The topological polar surface area (TPSA) is 90.5 Å². The maximum absolute atomic E-state index is 12.2. The van der Waals surface area contributed by atoms with Crippen molar-refractivity contribution in [3.8, 4) is 0 Å². The third-order valence-corrected chi connectivity index (χ3v) is 4.58. The molecule has 1 unspecified atom stereocenters. The van der Waals surface area contributed by atoms with Crippen molar-refractivity contribution in [1.29, 1.82) is 0 Å². The number of amides is 3. The molecule has 0 radical (unpaired) electrons. The summed E-state index contributed by atoms with van der Waals surface area (Å²) in [5, 5.41) is 8.74. The number of hydrogen-bond acceptors (Lipinski definition) is 4. The van der Waals surface area contributed by atoms with Crippen molar-refractivity contribution in [1.82, 2.24) is 5.32 Å². The zero-order chi connectivity index (χ0) is 21.4. The highest BCUT2D eigenvalue weighted by molar-refractivity contribution is 5.96. The Labute approximate surface area is 171 Å². The van der Waals surface area contributed by atoms with E-state index in [1.807, 2.05) is 13.8 Å². The molecule has 7 nitrogen and oxygen atoms in total. The lowest BCUT2D eigenvalue weighted by atomic mass is 10.1. The Kier molecular flexibility index (Phi) is 7.77. The molecule has 1 atom stereocenters. The van der Waals surface area contributed by atoms with Crippen LogP contribution in [0.15, 0.2) is 48.5 Å². The van der Waals surface area contributed by atoms with Gasteiger partial charge in [-0.05, 0) is 55.8 Å². The highest BCUT2D eigenvalue weighted by atomic mass is 16.2. The molecule has 0 aliphatic carbocycles. The highest BCUT2D eigenvalue weighted by Crippen LogP contribution is 2.17. The van der Waals surface area contributed by atoms with Crippen LogP contribution in [0.1, 0.15) is 37.6 Å². The first-order chi connectivity index (χ1) is 13.8. The van der Waals surface area contributed by atoms with Crippen molar-refractivity contribution in [2.24, 2.45) is 0 Å². The Bertz CT molecular complexity index is 865. The van der Waals surface area contributed by atoms with Gasteiger partial charge in [-0.1, -0.05) is 13.0 Å². The second kappa shape index (κ2) is 10.3. The van der Waals surface area contributed by atoms with Crippen LogP contribution in [-0.2, 0) is 9.59 Å². The van der Waals surface area contributed by atoms with Crippen LogP contribution in [0.5, 0.6) is 0 Å². The van der Waals surface area contributed by atoms with E-state index in [9.17, 15) is 14.4 Å². The van der Waals surface area contributed by atoms with E-state index in [1.54, 1.807) is 55.6 Å². The van der Waals surface area contributed by atoms with E-state index in [1.165, 1.54) is 11.8 Å². The number of rotatable bonds is 8. The van der Waals surface area contributed by atoms with E-state index < -0.39 is 0 Å². The van der Waals surface area contributed by atoms with Gasteiger partial charge in [0.2, 0.25) is 11.8 Å². The average Bonchev–Trinajstić information content (AvgIpc) is 2.72. The van der Waals surface area contributed by atoms with Gasteiger partial charge in [-0.2, -0.15) is 0 Å². The maximum atomic E-state index is 12.2. The summed E-state index contributed by atoms with van der Waals surface area (Å²) in [5.74, 6) is -0.416. The average molecular weight is 396 g/mol. The minimum absolute atomic E-state index is 0.0610. The Hall–Kier alpha value is -3.35. The molecule has 0 bridgehead atoms. The lowest BCUT2D eigenvalue weighted by Crippen LogP contribution is -2.31. The van der Waals surface area contributed by atoms with Crippen molar-refractivity contribution in [2.45, 2.75) is 33.2 Å². The van der Waals surface area contributed by atoms with Gasteiger partial charge < -0.3 is 20.9 Å². The molecule has 29 heavy (non-hydrogen) atoms. The zero-order valence-electron chi connectivity index (χ0n) is 17.3. The minimum Gasteiger partial charge on any atom is -0.376 e. The molecule has 2 aromatic carbocycles. The second-order valence-electron chi connectivity index (χ2n) is 6.89. The molecule has 0 fully saturated rings. The number of benzene rings is 2. The van der Waals surface area contributed by atoms with Crippen LogP contribution in [0.2, 0.25) is 0 Å². The first-order valence-corrected chi connectivity index (χ1v) is 9.59. The molecular formula is C22H28N4O3. The van der Waals surface area contributed by atoms with E-state index in [0.29, 0.717) is 16.9 Å². The number of nitrogens with zero attached hydrogens (tertiary/aromatic N) is 1. The molecule has 0 saturated heterocycles. The predicted octanol–water partition coefficient (Wildman–Crippen LogP) is 3.25. The van der Waals surface area contributed by atoms with Crippen LogP contribution in [0.4, 0.5) is 17.1 Å². The van der Waals surface area contributed by atoms with Gasteiger partial charge in [-0.25, -0.2) is 0 Å². The van der Waals surface area contributed by atoms with Gasteiger partial charge >= 0.3 is 0 Å². The predicted molar refractivity (Wildman–Crippen MR) is 116 cm³/mol. The number of carbonyl (C=O) groups excluding carboxylic acids is 3. The van der Waals surface area contributed by atoms with Gasteiger partial charge in [0.1, 0.15) is 0 Å². The van der Waals surface area contributed by atoms with Gasteiger partial charge in [0.15, 0.2) is 0 Å². The van der Waals surface area contributed by atoms with Crippen LogP contribution in [0.25, 0.3) is 0 Å². The van der Waals surface area contributed by atoms with Crippen molar-refractivity contribution in [3.05, 3.63) is 54.1 Å². The Morgan fingerprint density at radius 2 is 1.72 bits per heavy atom. The fourth-order valence-electron chi connectivity index (χ4n) is 2.52. The van der Waals surface area contributed by atoms with Crippen LogP contribution in [0.3, 0.4) is 0 Å². The van der Waals surface area contributed by atoms with Crippen LogP contribution < -0.4 is 20.9 Å². The number of anilines is 3. The molecule has 0 aromatic heterocycles. The van der Waals surface area contributed by atoms with Crippen LogP contribution >= 0.6 is 0 Å². The van der Waals surface area contributed by atoms with Crippen LogP contribution in [0, 0.1) is 0 Å². The summed E-state index contributed by atoms with van der Waals surface area (Å²) >= 11 is 0. The summed E-state index contributed by atoms with van der Waals surface area (Å²) in [7, 11) is 1.69. The minimum atomic E-state index is -0.216. The number of hydrogen-bond donors (Lipinski definition) is 3. The lowest BCUT2D eigenvalue weighted by molar-refractivity contribution is -0.116. The molecule has 2 rings (SSSR count). The van der Waals surface area contributed by atoms with E-state index in [0.717, 1.165) is 12.1 Å². The molecule has 2 aromatic rings. The quantitative estimate of drug-likeness (QED) is 0.639. The monoisotopic (exact) mass is 396 g/mol. The molecule has 3 amide bonds. The molecule has 0 aliphatic heterocycles. The fourth-order valence-corrected chi connectivity index (χ4v) is 2.52. The van der Waals surface area contributed by atoms with Crippen molar-refractivity contribution in [2.75, 3.05) is 29.1 Å². The SMILES string of the molecule is CCC(C)NC(=O)c1cccc(NCC(=O)Nc2ccc(N(C)C(C)=O)cc2)c1. The Morgan fingerprint density at radius 3 is 2.34 bits per heavy atom. The van der Waals surface area contributed by atoms with Crippen molar-refractivity contribution in [3.63, 3.8) is 0 Å². The molecule has 0 heterocycles. The summed E-state index contributed by atoms with van der Waals surface area (Å²) in [5.41, 5.74) is 2.62. The molecule has 0 spiro atoms. The zero-order valence-corrected chi connectivity index (χ0v) is 17.3. The third kappa shape index (κ3) is 6.64. The van der Waals surface area contributed by atoms with E-state index in [-0.39, 0.29) is 30.3 Å². The standard InChI is InChI=1S/C22H28N4O3/c1-5-15(2)24-22(29)17-7-6-8-19(13-17)23-14-21(28)25-18-9-11-20(12-10-18)26(4)16(3)27/h6-13,15,23H,5,14H2,1-4H3,(H,24,29)(H,25,28). The van der Waals surface area contributed by atoms with Gasteiger partial charge in [-0.15, -0.1) is 0 Å². The number of carbonyl (C=O) groups is 3.